The molecule has 1 aromatic carbocycles. The van der Waals surface area contributed by atoms with Gasteiger partial charge >= 0.3 is 0 Å². The van der Waals surface area contributed by atoms with E-state index in [1.807, 2.05) is 30.3 Å². The zero-order valence-corrected chi connectivity index (χ0v) is 13.6. The summed E-state index contributed by atoms with van der Waals surface area (Å²) >= 11 is 0. The SMILES string of the molecule is COc1ccnc(N2CCN([C@H](C(N)=O)c3ccccc3)CC2)n1. The van der Waals surface area contributed by atoms with Crippen LogP contribution in [0.3, 0.4) is 0 Å². The van der Waals surface area contributed by atoms with Gasteiger partial charge in [-0.3, -0.25) is 9.69 Å². The van der Waals surface area contributed by atoms with Crippen molar-refractivity contribution < 1.29 is 9.53 Å². The smallest absolute Gasteiger partial charge is 0.239 e. The van der Waals surface area contributed by atoms with E-state index in [0.29, 0.717) is 24.9 Å². The van der Waals surface area contributed by atoms with E-state index in [4.69, 9.17) is 10.5 Å². The molecule has 2 N–H and O–H groups in total. The van der Waals surface area contributed by atoms with E-state index in [1.54, 1.807) is 19.4 Å². The highest BCUT2D eigenvalue weighted by Gasteiger charge is 2.29. The summed E-state index contributed by atoms with van der Waals surface area (Å²) in [6, 6.07) is 11.0. The van der Waals surface area contributed by atoms with Gasteiger partial charge in [-0.2, -0.15) is 4.98 Å². The highest BCUT2D eigenvalue weighted by Crippen LogP contribution is 2.23. The minimum Gasteiger partial charge on any atom is -0.481 e. The molecule has 3 rings (SSSR count). The van der Waals surface area contributed by atoms with Crippen molar-refractivity contribution in [2.45, 2.75) is 6.04 Å². The van der Waals surface area contributed by atoms with Gasteiger partial charge < -0.3 is 15.4 Å². The van der Waals surface area contributed by atoms with Crippen LogP contribution in [-0.4, -0.2) is 54.1 Å². The van der Waals surface area contributed by atoms with Crippen LogP contribution in [0, 0.1) is 0 Å². The van der Waals surface area contributed by atoms with Crippen molar-refractivity contribution in [3.63, 3.8) is 0 Å². The van der Waals surface area contributed by atoms with E-state index in [0.717, 1.165) is 18.7 Å². The Hall–Kier alpha value is -2.67. The fourth-order valence-corrected chi connectivity index (χ4v) is 2.97. The number of amides is 1. The van der Waals surface area contributed by atoms with Crippen LogP contribution in [0.15, 0.2) is 42.6 Å². The van der Waals surface area contributed by atoms with E-state index < -0.39 is 6.04 Å². The van der Waals surface area contributed by atoms with Crippen molar-refractivity contribution in [1.82, 2.24) is 14.9 Å². The van der Waals surface area contributed by atoms with Crippen molar-refractivity contribution in [1.29, 1.82) is 0 Å². The maximum atomic E-state index is 12.0. The molecule has 1 aromatic heterocycles. The van der Waals surface area contributed by atoms with Crippen LogP contribution >= 0.6 is 0 Å². The molecule has 24 heavy (non-hydrogen) atoms. The molecule has 1 aliphatic heterocycles. The lowest BCUT2D eigenvalue weighted by Gasteiger charge is -2.38. The Morgan fingerprint density at radius 1 is 1.17 bits per heavy atom. The lowest BCUT2D eigenvalue weighted by Crippen LogP contribution is -2.50. The Bertz CT molecular complexity index is 686. The minimum absolute atomic E-state index is 0.327. The number of nitrogens with two attached hydrogens (primary N) is 1. The summed E-state index contributed by atoms with van der Waals surface area (Å²) in [6.07, 6.45) is 1.68. The number of carbonyl (C=O) groups excluding carboxylic acids is 1. The Balaban J connectivity index is 1.70. The van der Waals surface area contributed by atoms with Crippen LogP contribution in [-0.2, 0) is 4.79 Å². The summed E-state index contributed by atoms with van der Waals surface area (Å²) in [6.45, 7) is 2.87. The van der Waals surface area contributed by atoms with Gasteiger partial charge in [0.05, 0.1) is 7.11 Å². The van der Waals surface area contributed by atoms with Gasteiger partial charge in [-0.1, -0.05) is 30.3 Å². The van der Waals surface area contributed by atoms with Gasteiger partial charge in [0.25, 0.3) is 0 Å². The van der Waals surface area contributed by atoms with Crippen LogP contribution in [0.5, 0.6) is 5.88 Å². The molecule has 2 aromatic rings. The molecule has 0 saturated carbocycles. The van der Waals surface area contributed by atoms with Crippen molar-refractivity contribution in [3.05, 3.63) is 48.2 Å². The number of carbonyl (C=O) groups is 1. The van der Waals surface area contributed by atoms with Gasteiger partial charge in [0, 0.05) is 38.4 Å². The number of primary amides is 1. The molecule has 1 fully saturated rings. The first-order chi connectivity index (χ1) is 11.7. The van der Waals surface area contributed by atoms with E-state index in [1.165, 1.54) is 0 Å². The number of ether oxygens (including phenoxy) is 1. The van der Waals surface area contributed by atoms with E-state index in [9.17, 15) is 4.79 Å². The quantitative estimate of drug-likeness (QED) is 0.876. The molecule has 1 aliphatic rings. The highest BCUT2D eigenvalue weighted by molar-refractivity contribution is 5.81. The first-order valence-electron chi connectivity index (χ1n) is 7.89. The minimum atomic E-state index is -0.403. The normalized spacial score (nSPS) is 16.6. The largest absolute Gasteiger partial charge is 0.481 e. The van der Waals surface area contributed by atoms with E-state index in [2.05, 4.69) is 19.8 Å². The Kier molecular flexibility index (Phi) is 4.90. The average Bonchev–Trinajstić information content (AvgIpc) is 2.63. The molecule has 0 spiro atoms. The van der Waals surface area contributed by atoms with E-state index in [-0.39, 0.29) is 5.91 Å². The number of hydrogen-bond donors (Lipinski definition) is 1. The lowest BCUT2D eigenvalue weighted by molar-refractivity contribution is -0.123. The third kappa shape index (κ3) is 3.46. The second kappa shape index (κ2) is 7.27. The second-order valence-electron chi connectivity index (χ2n) is 5.64. The fraction of sp³-hybridized carbons (Fsp3) is 0.353. The summed E-state index contributed by atoms with van der Waals surface area (Å²) in [5.41, 5.74) is 6.57. The molecule has 1 amide bonds. The summed E-state index contributed by atoms with van der Waals surface area (Å²) in [5.74, 6) is 0.860. The number of anilines is 1. The summed E-state index contributed by atoms with van der Waals surface area (Å²) in [4.78, 5) is 24.8. The summed E-state index contributed by atoms with van der Waals surface area (Å²) in [5, 5.41) is 0. The number of methoxy groups -OCH3 is 1. The van der Waals surface area contributed by atoms with Gasteiger partial charge in [-0.15, -0.1) is 0 Å². The molecule has 126 valence electrons. The van der Waals surface area contributed by atoms with Crippen molar-refractivity contribution in [2.24, 2.45) is 5.73 Å². The maximum absolute atomic E-state index is 12.0. The first-order valence-corrected chi connectivity index (χ1v) is 7.89. The van der Waals surface area contributed by atoms with Crippen LogP contribution in [0.25, 0.3) is 0 Å². The zero-order valence-electron chi connectivity index (χ0n) is 13.6. The third-order valence-electron chi connectivity index (χ3n) is 4.17. The maximum Gasteiger partial charge on any atom is 0.239 e. The molecule has 1 atom stereocenters. The summed E-state index contributed by atoms with van der Waals surface area (Å²) in [7, 11) is 1.58. The molecule has 1 saturated heterocycles. The monoisotopic (exact) mass is 327 g/mol. The summed E-state index contributed by atoms with van der Waals surface area (Å²) < 4.78 is 5.14. The van der Waals surface area contributed by atoms with Crippen LogP contribution < -0.4 is 15.4 Å². The molecule has 0 radical (unpaired) electrons. The number of hydrogen-bond acceptors (Lipinski definition) is 6. The number of aromatic nitrogens is 2. The topological polar surface area (TPSA) is 84.6 Å². The molecule has 7 heteroatoms. The Labute approximate surface area is 141 Å². The van der Waals surface area contributed by atoms with Gasteiger partial charge in [-0.25, -0.2) is 4.98 Å². The predicted octanol–water partition coefficient (Wildman–Crippen LogP) is 0.834. The van der Waals surface area contributed by atoms with Gasteiger partial charge in [0.2, 0.25) is 17.7 Å². The zero-order chi connectivity index (χ0) is 16.9. The standard InChI is InChI=1S/C17H21N5O2/c1-24-14-7-8-19-17(20-14)22-11-9-21(10-12-22)15(16(18)23)13-5-3-2-4-6-13/h2-8,15H,9-12H2,1H3,(H2,18,23)/t15-/m0/s1. The third-order valence-corrected chi connectivity index (χ3v) is 4.17. The van der Waals surface area contributed by atoms with Crippen molar-refractivity contribution in [2.75, 3.05) is 38.2 Å². The molecule has 0 bridgehead atoms. The van der Waals surface area contributed by atoms with Crippen LogP contribution in [0.4, 0.5) is 5.95 Å². The highest BCUT2D eigenvalue weighted by atomic mass is 16.5. The number of nitrogens with zero attached hydrogens (tertiary/aromatic N) is 4. The van der Waals surface area contributed by atoms with Crippen molar-refractivity contribution in [3.8, 4) is 5.88 Å². The first kappa shape index (κ1) is 16.2. The van der Waals surface area contributed by atoms with Crippen molar-refractivity contribution >= 4 is 11.9 Å². The number of rotatable bonds is 5. The number of benzene rings is 1. The molecule has 2 heterocycles. The van der Waals surface area contributed by atoms with Crippen LogP contribution in [0.2, 0.25) is 0 Å². The van der Waals surface area contributed by atoms with E-state index >= 15 is 0 Å². The molecule has 0 aliphatic carbocycles. The fourth-order valence-electron chi connectivity index (χ4n) is 2.97. The predicted molar refractivity (Wildman–Crippen MR) is 90.7 cm³/mol. The van der Waals surface area contributed by atoms with Crippen LogP contribution in [0.1, 0.15) is 11.6 Å². The molecule has 0 unspecified atom stereocenters. The Morgan fingerprint density at radius 3 is 2.50 bits per heavy atom. The molecular weight excluding hydrogens is 306 g/mol. The van der Waals surface area contributed by atoms with Gasteiger partial charge in [-0.05, 0) is 5.56 Å². The number of piperazine rings is 1. The van der Waals surface area contributed by atoms with Gasteiger partial charge in [0.1, 0.15) is 6.04 Å². The Morgan fingerprint density at radius 2 is 1.88 bits per heavy atom. The molecular formula is C17H21N5O2. The average molecular weight is 327 g/mol. The molecule has 7 nitrogen and oxygen atoms in total. The lowest BCUT2D eigenvalue weighted by atomic mass is 10.0. The second-order valence-corrected chi connectivity index (χ2v) is 5.64. The van der Waals surface area contributed by atoms with Gasteiger partial charge in [0.15, 0.2) is 0 Å².